The number of hydrogen-bond acceptors (Lipinski definition) is 14. The molecule has 0 aromatic heterocycles. The number of hydrogen-bond donors (Lipinski definition) is 9. The highest BCUT2D eigenvalue weighted by atomic mass is 16.8. The molecule has 0 saturated carbocycles. The van der Waals surface area contributed by atoms with Gasteiger partial charge in [-0.15, -0.1) is 0 Å². The van der Waals surface area contributed by atoms with Gasteiger partial charge in [0.1, 0.15) is 61.0 Å². The van der Waals surface area contributed by atoms with Crippen molar-refractivity contribution in [2.45, 2.75) is 92.9 Å². The average molecular weight is 458 g/mol. The zero-order valence-corrected chi connectivity index (χ0v) is 16.6. The van der Waals surface area contributed by atoms with Crippen molar-refractivity contribution in [1.82, 2.24) is 0 Å². The van der Waals surface area contributed by atoms with Gasteiger partial charge in [0.2, 0.25) is 0 Å². The van der Waals surface area contributed by atoms with Crippen molar-refractivity contribution < 1.29 is 69.6 Å². The minimum Gasteiger partial charge on any atom is -0.394 e. The van der Waals surface area contributed by atoms with E-state index < -0.39 is 92.6 Å². The smallest absolute Gasteiger partial charge is 0.187 e. The van der Waals surface area contributed by atoms with Crippen molar-refractivity contribution in [3.05, 3.63) is 0 Å². The van der Waals surface area contributed by atoms with Gasteiger partial charge >= 0.3 is 0 Å². The molecule has 3 rings (SSSR count). The van der Waals surface area contributed by atoms with E-state index in [2.05, 4.69) is 0 Å². The van der Waals surface area contributed by atoms with Gasteiger partial charge in [-0.25, -0.2) is 0 Å². The fourth-order valence-electron chi connectivity index (χ4n) is 3.67. The first kappa shape index (κ1) is 25.1. The highest BCUT2D eigenvalue weighted by molar-refractivity contribution is 4.94. The Morgan fingerprint density at radius 1 is 0.710 bits per heavy atom. The quantitative estimate of drug-likeness (QED) is 0.187. The number of ether oxygens (including phenoxy) is 5. The predicted molar refractivity (Wildman–Crippen MR) is 93.8 cm³/mol. The molecular weight excluding hydrogens is 428 g/mol. The van der Waals surface area contributed by atoms with Gasteiger partial charge in [0.15, 0.2) is 18.9 Å². The van der Waals surface area contributed by atoms with Crippen molar-refractivity contribution in [2.24, 2.45) is 0 Å². The topological polar surface area (TPSA) is 228 Å². The van der Waals surface area contributed by atoms with E-state index in [9.17, 15) is 46.0 Å². The molecule has 3 fully saturated rings. The van der Waals surface area contributed by atoms with Gasteiger partial charge in [-0.3, -0.25) is 0 Å². The third-order valence-electron chi connectivity index (χ3n) is 5.67. The lowest BCUT2D eigenvalue weighted by Gasteiger charge is -2.47. The molecule has 3 aliphatic rings. The number of rotatable bonds is 5. The van der Waals surface area contributed by atoms with Crippen molar-refractivity contribution in [3.63, 3.8) is 0 Å². The molecule has 14 nitrogen and oxygen atoms in total. The Morgan fingerprint density at radius 3 is 2.00 bits per heavy atom. The molecular formula is C17H30O14. The van der Waals surface area contributed by atoms with Gasteiger partial charge in [0.25, 0.3) is 0 Å². The van der Waals surface area contributed by atoms with Crippen LogP contribution in [0.2, 0.25) is 0 Å². The van der Waals surface area contributed by atoms with Crippen LogP contribution in [0.4, 0.5) is 0 Å². The normalized spacial score (nSPS) is 54.0. The van der Waals surface area contributed by atoms with E-state index in [4.69, 9.17) is 23.7 Å². The molecule has 0 aliphatic carbocycles. The third-order valence-corrected chi connectivity index (χ3v) is 5.67. The molecule has 0 spiro atoms. The summed E-state index contributed by atoms with van der Waals surface area (Å²) in [7, 11) is 0. The Kier molecular flexibility index (Phi) is 8.21. The Hall–Kier alpha value is -0.560. The minimum atomic E-state index is -1.77. The lowest BCUT2D eigenvalue weighted by Crippen LogP contribution is -2.65. The van der Waals surface area contributed by atoms with Crippen LogP contribution in [0.25, 0.3) is 0 Å². The molecule has 0 aromatic carbocycles. The fraction of sp³-hybridized carbons (Fsp3) is 1.00. The molecule has 0 bridgehead atoms. The summed E-state index contributed by atoms with van der Waals surface area (Å²) in [5, 5.41) is 89.9. The van der Waals surface area contributed by atoms with Crippen molar-refractivity contribution >= 4 is 0 Å². The monoisotopic (exact) mass is 458 g/mol. The fourth-order valence-corrected chi connectivity index (χ4v) is 3.67. The Labute approximate surface area is 176 Å². The van der Waals surface area contributed by atoms with Crippen LogP contribution in [0.1, 0.15) is 6.92 Å². The van der Waals surface area contributed by atoms with Crippen LogP contribution in [0.3, 0.4) is 0 Å². The summed E-state index contributed by atoms with van der Waals surface area (Å²) in [6.45, 7) is 0.306. The van der Waals surface area contributed by atoms with Gasteiger partial charge in [-0.2, -0.15) is 0 Å². The molecule has 3 saturated heterocycles. The second kappa shape index (κ2) is 10.1. The van der Waals surface area contributed by atoms with E-state index >= 15 is 0 Å². The first-order valence-corrected chi connectivity index (χ1v) is 9.85. The lowest BCUT2D eigenvalue weighted by molar-refractivity contribution is -0.385. The molecule has 0 unspecified atom stereocenters. The third kappa shape index (κ3) is 5.02. The van der Waals surface area contributed by atoms with Crippen molar-refractivity contribution in [1.29, 1.82) is 0 Å². The molecule has 0 aromatic rings. The van der Waals surface area contributed by atoms with E-state index in [-0.39, 0.29) is 6.61 Å². The molecule has 3 aliphatic heterocycles. The highest BCUT2D eigenvalue weighted by Gasteiger charge is 2.52. The summed E-state index contributed by atoms with van der Waals surface area (Å²) < 4.78 is 26.6. The highest BCUT2D eigenvalue weighted by Crippen LogP contribution is 2.31. The summed E-state index contributed by atoms with van der Waals surface area (Å²) >= 11 is 0. The average Bonchev–Trinajstić information content (AvgIpc) is 2.74. The minimum absolute atomic E-state index is 0.367. The predicted octanol–water partition coefficient (Wildman–Crippen LogP) is -5.91. The summed E-state index contributed by atoms with van der Waals surface area (Å²) in [5.41, 5.74) is 0. The molecule has 0 radical (unpaired) electrons. The van der Waals surface area contributed by atoms with Gasteiger partial charge in [0, 0.05) is 0 Å². The van der Waals surface area contributed by atoms with Crippen LogP contribution in [0.15, 0.2) is 0 Å². The largest absolute Gasteiger partial charge is 0.394 e. The Morgan fingerprint density at radius 2 is 1.35 bits per heavy atom. The molecule has 182 valence electrons. The second-order valence-electron chi connectivity index (χ2n) is 7.87. The van der Waals surface area contributed by atoms with E-state index in [0.29, 0.717) is 0 Å². The molecule has 14 heteroatoms. The SMILES string of the molecule is C[C@@H]1O[C@@H](O[C@H]2[C@H](O[C@@H]3[C@@H](O)[C@H](O)CO[C@H]3O)O[C@H](CO)[C@H](O)[C@@H]2O)[C@@H](O)[C@H](O)[C@@H]1O. The van der Waals surface area contributed by atoms with Crippen LogP contribution < -0.4 is 0 Å². The molecule has 0 amide bonds. The maximum atomic E-state index is 10.5. The summed E-state index contributed by atoms with van der Waals surface area (Å²) in [5.74, 6) is 0. The standard InChI is InChI=1S/C17H30O14/c1-4-7(20)10(23)12(25)16(28-4)31-14-11(24)9(22)6(2-18)29-17(14)30-13-8(21)5(19)3-27-15(13)26/h4-26H,2-3H2,1H3/t4-,5+,6+,7+,8-,9-,10+,11-,12-,13+,14+,15+,16-,17-/m0/s1. The van der Waals surface area contributed by atoms with Crippen molar-refractivity contribution in [2.75, 3.05) is 13.2 Å². The molecule has 31 heavy (non-hydrogen) atoms. The zero-order valence-electron chi connectivity index (χ0n) is 16.6. The second-order valence-corrected chi connectivity index (χ2v) is 7.87. The maximum Gasteiger partial charge on any atom is 0.187 e. The Balaban J connectivity index is 1.80. The van der Waals surface area contributed by atoms with E-state index in [1.54, 1.807) is 0 Å². The van der Waals surface area contributed by atoms with Crippen LogP contribution in [0.5, 0.6) is 0 Å². The number of aliphatic hydroxyl groups is 9. The van der Waals surface area contributed by atoms with Crippen LogP contribution in [-0.4, -0.2) is 145 Å². The maximum absolute atomic E-state index is 10.5. The molecule has 14 atom stereocenters. The zero-order chi connectivity index (χ0) is 23.0. The summed E-state index contributed by atoms with van der Waals surface area (Å²) in [4.78, 5) is 0. The Bertz CT molecular complexity index is 581. The summed E-state index contributed by atoms with van der Waals surface area (Å²) in [6, 6.07) is 0. The van der Waals surface area contributed by atoms with E-state index in [1.165, 1.54) is 6.92 Å². The van der Waals surface area contributed by atoms with E-state index in [1.807, 2.05) is 0 Å². The van der Waals surface area contributed by atoms with E-state index in [0.717, 1.165) is 0 Å². The first-order chi connectivity index (χ1) is 14.6. The van der Waals surface area contributed by atoms with Crippen LogP contribution >= 0.6 is 0 Å². The van der Waals surface area contributed by atoms with Crippen LogP contribution in [-0.2, 0) is 23.7 Å². The van der Waals surface area contributed by atoms with Crippen LogP contribution in [0, 0.1) is 0 Å². The first-order valence-electron chi connectivity index (χ1n) is 9.85. The molecule has 3 heterocycles. The van der Waals surface area contributed by atoms with Gasteiger partial charge in [-0.1, -0.05) is 0 Å². The van der Waals surface area contributed by atoms with Gasteiger partial charge < -0.3 is 69.6 Å². The van der Waals surface area contributed by atoms with Gasteiger partial charge in [-0.05, 0) is 6.92 Å². The summed E-state index contributed by atoms with van der Waals surface area (Å²) in [6.07, 6.45) is -21.7. The number of aliphatic hydroxyl groups excluding tert-OH is 9. The van der Waals surface area contributed by atoms with Gasteiger partial charge in [0.05, 0.1) is 19.3 Å². The lowest BCUT2D eigenvalue weighted by atomic mass is 9.97. The van der Waals surface area contributed by atoms with Crippen molar-refractivity contribution in [3.8, 4) is 0 Å². The molecule has 9 N–H and O–H groups in total.